The van der Waals surface area contributed by atoms with Crippen LogP contribution in [0.1, 0.15) is 94.7 Å². The number of fused-ring (bicyclic) bond motifs is 3. The van der Waals surface area contributed by atoms with E-state index in [1.165, 1.54) is 137 Å². The highest BCUT2D eigenvalue weighted by molar-refractivity contribution is 5.85. The van der Waals surface area contributed by atoms with Gasteiger partial charge in [-0.15, -0.1) is 0 Å². The summed E-state index contributed by atoms with van der Waals surface area (Å²) >= 11 is 0. The molecule has 0 bridgehead atoms. The minimum absolute atomic E-state index is 0.0791. The summed E-state index contributed by atoms with van der Waals surface area (Å²) in [5.74, 6) is 0. The standard InChI is InChI=1S/C56H57N/c1-4-6-8-15-34-56(35-16-9-7-5-2)54-23-14-13-22-52(54)53-33-32-51(40-55(53)56)57-50-30-28-44(29-31-50)48-37-47(43-26-24-41(3)25-27-43)38-49(39-48)46-21-17-20-45(36-46)42-18-11-10-12-19-42/h10-14,17-33,36-40,57H,4-9,15-16,34-35H2,1-3H3. The molecule has 286 valence electrons. The summed E-state index contributed by atoms with van der Waals surface area (Å²) in [5.41, 5.74) is 19.3. The second kappa shape index (κ2) is 17.6. The van der Waals surface area contributed by atoms with E-state index in [4.69, 9.17) is 0 Å². The zero-order valence-electron chi connectivity index (χ0n) is 34.2. The van der Waals surface area contributed by atoms with Crippen molar-refractivity contribution < 1.29 is 0 Å². The summed E-state index contributed by atoms with van der Waals surface area (Å²) in [4.78, 5) is 0. The zero-order valence-corrected chi connectivity index (χ0v) is 34.2. The summed E-state index contributed by atoms with van der Waals surface area (Å²) in [6, 6.07) is 61.0. The third kappa shape index (κ3) is 8.40. The number of anilines is 2. The van der Waals surface area contributed by atoms with Crippen molar-refractivity contribution in [1.82, 2.24) is 0 Å². The lowest BCUT2D eigenvalue weighted by Crippen LogP contribution is -2.25. The molecule has 57 heavy (non-hydrogen) atoms. The summed E-state index contributed by atoms with van der Waals surface area (Å²) in [6.45, 7) is 6.78. The maximum Gasteiger partial charge on any atom is 0.0387 e. The van der Waals surface area contributed by atoms with Gasteiger partial charge in [-0.3, -0.25) is 0 Å². The third-order valence-corrected chi connectivity index (χ3v) is 12.3. The number of rotatable bonds is 16. The Balaban J connectivity index is 1.11. The van der Waals surface area contributed by atoms with Crippen LogP contribution in [-0.2, 0) is 5.41 Å². The quantitative estimate of drug-likeness (QED) is 0.0972. The van der Waals surface area contributed by atoms with E-state index in [1.54, 1.807) is 5.56 Å². The Hall–Kier alpha value is -5.66. The van der Waals surface area contributed by atoms with E-state index in [-0.39, 0.29) is 5.41 Å². The van der Waals surface area contributed by atoms with Gasteiger partial charge in [0.15, 0.2) is 0 Å². The van der Waals surface area contributed by atoms with E-state index in [0.29, 0.717) is 0 Å². The normalized spacial score (nSPS) is 12.6. The van der Waals surface area contributed by atoms with Crippen LogP contribution in [0.4, 0.5) is 11.4 Å². The number of unbranched alkanes of at least 4 members (excludes halogenated alkanes) is 6. The van der Waals surface area contributed by atoms with Crippen LogP contribution >= 0.6 is 0 Å². The molecule has 7 aromatic carbocycles. The van der Waals surface area contributed by atoms with Crippen LogP contribution in [0.5, 0.6) is 0 Å². The summed E-state index contributed by atoms with van der Waals surface area (Å²) < 4.78 is 0. The van der Waals surface area contributed by atoms with Crippen LogP contribution in [0.2, 0.25) is 0 Å². The van der Waals surface area contributed by atoms with Crippen LogP contribution < -0.4 is 5.32 Å². The van der Waals surface area contributed by atoms with Crippen molar-refractivity contribution >= 4 is 11.4 Å². The Labute approximate surface area is 341 Å². The zero-order chi connectivity index (χ0) is 39.0. The van der Waals surface area contributed by atoms with Crippen LogP contribution in [0.15, 0.2) is 164 Å². The molecule has 0 atom stereocenters. The molecule has 0 fully saturated rings. The van der Waals surface area contributed by atoms with Crippen LogP contribution in [0.3, 0.4) is 0 Å². The van der Waals surface area contributed by atoms with Gasteiger partial charge < -0.3 is 5.32 Å². The molecule has 0 aliphatic heterocycles. The third-order valence-electron chi connectivity index (χ3n) is 12.3. The molecule has 0 heterocycles. The molecular weight excluding hydrogens is 687 g/mol. The molecule has 1 aliphatic rings. The van der Waals surface area contributed by atoms with Gasteiger partial charge in [-0.2, -0.15) is 0 Å². The fourth-order valence-corrected chi connectivity index (χ4v) is 9.20. The Morgan fingerprint density at radius 2 is 0.860 bits per heavy atom. The van der Waals surface area contributed by atoms with Gasteiger partial charge in [0.25, 0.3) is 0 Å². The Morgan fingerprint density at radius 3 is 1.51 bits per heavy atom. The summed E-state index contributed by atoms with van der Waals surface area (Å²) in [5, 5.41) is 3.83. The Bertz CT molecular complexity index is 2390. The van der Waals surface area contributed by atoms with Gasteiger partial charge in [0.2, 0.25) is 0 Å². The van der Waals surface area contributed by atoms with Crippen LogP contribution in [-0.4, -0.2) is 0 Å². The van der Waals surface area contributed by atoms with Gasteiger partial charge in [-0.05, 0) is 135 Å². The van der Waals surface area contributed by atoms with Crippen molar-refractivity contribution in [3.8, 4) is 55.6 Å². The first-order valence-corrected chi connectivity index (χ1v) is 21.5. The first-order chi connectivity index (χ1) is 28.0. The van der Waals surface area contributed by atoms with Crippen molar-refractivity contribution in [1.29, 1.82) is 0 Å². The van der Waals surface area contributed by atoms with Crippen LogP contribution in [0.25, 0.3) is 55.6 Å². The van der Waals surface area contributed by atoms with Gasteiger partial charge in [0.05, 0.1) is 0 Å². The Morgan fingerprint density at radius 1 is 0.368 bits per heavy atom. The fraction of sp³-hybridized carbons (Fsp3) is 0.250. The first kappa shape index (κ1) is 38.2. The predicted octanol–water partition coefficient (Wildman–Crippen LogP) is 16.6. The molecule has 0 amide bonds. The van der Waals surface area contributed by atoms with Crippen molar-refractivity contribution in [3.05, 3.63) is 180 Å². The average molecular weight is 744 g/mol. The summed E-state index contributed by atoms with van der Waals surface area (Å²) in [7, 11) is 0. The van der Waals surface area contributed by atoms with Crippen molar-refractivity contribution in [3.63, 3.8) is 0 Å². The molecule has 1 nitrogen and oxygen atoms in total. The van der Waals surface area contributed by atoms with Crippen molar-refractivity contribution in [2.75, 3.05) is 5.32 Å². The minimum atomic E-state index is 0.0791. The van der Waals surface area contributed by atoms with Gasteiger partial charge in [0, 0.05) is 16.8 Å². The molecule has 0 spiro atoms. The van der Waals surface area contributed by atoms with E-state index >= 15 is 0 Å². The van der Waals surface area contributed by atoms with Crippen molar-refractivity contribution in [2.45, 2.75) is 90.4 Å². The van der Waals surface area contributed by atoms with Gasteiger partial charge in [-0.25, -0.2) is 0 Å². The van der Waals surface area contributed by atoms with Gasteiger partial charge in [0.1, 0.15) is 0 Å². The first-order valence-electron chi connectivity index (χ1n) is 21.5. The number of nitrogens with one attached hydrogen (secondary N) is 1. The lowest BCUT2D eigenvalue weighted by Gasteiger charge is -2.33. The number of hydrogen-bond acceptors (Lipinski definition) is 1. The maximum absolute atomic E-state index is 3.83. The van der Waals surface area contributed by atoms with Gasteiger partial charge in [-0.1, -0.05) is 186 Å². The second-order valence-electron chi connectivity index (χ2n) is 16.3. The lowest BCUT2D eigenvalue weighted by molar-refractivity contribution is 0.401. The summed E-state index contributed by atoms with van der Waals surface area (Å²) in [6.07, 6.45) is 12.8. The average Bonchev–Trinajstić information content (AvgIpc) is 3.53. The van der Waals surface area contributed by atoms with Crippen molar-refractivity contribution in [2.24, 2.45) is 0 Å². The maximum atomic E-state index is 3.83. The number of aryl methyl sites for hydroxylation is 1. The topological polar surface area (TPSA) is 12.0 Å². The molecule has 0 saturated carbocycles. The highest BCUT2D eigenvalue weighted by atomic mass is 14.9. The predicted molar refractivity (Wildman–Crippen MR) is 246 cm³/mol. The molecule has 0 saturated heterocycles. The smallest absolute Gasteiger partial charge is 0.0387 e. The van der Waals surface area contributed by atoms with Gasteiger partial charge >= 0.3 is 0 Å². The van der Waals surface area contributed by atoms with E-state index in [2.05, 4.69) is 190 Å². The minimum Gasteiger partial charge on any atom is -0.356 e. The molecular formula is C56H57N. The number of benzene rings is 7. The molecule has 7 aromatic rings. The molecule has 8 rings (SSSR count). The highest BCUT2D eigenvalue weighted by Gasteiger charge is 2.42. The molecule has 0 aromatic heterocycles. The molecule has 1 N–H and O–H groups in total. The van der Waals surface area contributed by atoms with E-state index < -0.39 is 0 Å². The number of hydrogen-bond donors (Lipinski definition) is 1. The highest BCUT2D eigenvalue weighted by Crippen LogP contribution is 2.55. The van der Waals surface area contributed by atoms with Crippen LogP contribution in [0, 0.1) is 6.92 Å². The SMILES string of the molecule is CCCCCCC1(CCCCCC)c2ccccc2-c2ccc(Nc3ccc(-c4cc(-c5ccc(C)cc5)cc(-c5cccc(-c6ccccc6)c5)c4)cc3)cc21. The Kier molecular flexibility index (Phi) is 11.8. The largest absolute Gasteiger partial charge is 0.356 e. The lowest BCUT2D eigenvalue weighted by atomic mass is 9.70. The monoisotopic (exact) mass is 743 g/mol. The van der Waals surface area contributed by atoms with E-state index in [0.717, 1.165) is 5.69 Å². The van der Waals surface area contributed by atoms with E-state index in [9.17, 15) is 0 Å². The molecule has 1 aliphatic carbocycles. The fourth-order valence-electron chi connectivity index (χ4n) is 9.20. The molecule has 0 unspecified atom stereocenters. The molecule has 1 heteroatoms. The molecule has 0 radical (unpaired) electrons. The second-order valence-corrected chi connectivity index (χ2v) is 16.3. The van der Waals surface area contributed by atoms with E-state index in [1.807, 2.05) is 0 Å².